The van der Waals surface area contributed by atoms with E-state index in [9.17, 15) is 19.7 Å². The highest BCUT2D eigenvalue weighted by molar-refractivity contribution is 9.10. The number of nitrogens with one attached hydrogen (secondary N) is 1. The Kier molecular flexibility index (Phi) is 6.10. The number of aryl methyl sites for hydroxylation is 2. The second-order valence-electron chi connectivity index (χ2n) is 5.93. The summed E-state index contributed by atoms with van der Waals surface area (Å²) < 4.78 is 0.904. The van der Waals surface area contributed by atoms with E-state index in [0.29, 0.717) is 11.3 Å². The smallest absolute Gasteiger partial charge is 0.273 e. The fourth-order valence-corrected chi connectivity index (χ4v) is 2.88. The number of carbonyl (C=O) groups is 2. The lowest BCUT2D eigenvalue weighted by Gasteiger charge is -2.17. The molecule has 0 aliphatic rings. The molecule has 0 unspecified atom stereocenters. The highest BCUT2D eigenvalue weighted by atomic mass is 79.9. The molecule has 0 fully saturated rings. The number of nitrogens with zero attached hydrogens (tertiary/aromatic N) is 2. The molecule has 0 saturated carbocycles. The lowest BCUT2D eigenvalue weighted by molar-refractivity contribution is -0.385. The Morgan fingerprint density at radius 2 is 1.85 bits per heavy atom. The van der Waals surface area contributed by atoms with Crippen molar-refractivity contribution in [3.63, 3.8) is 0 Å². The topological polar surface area (TPSA) is 92.6 Å². The second-order valence-corrected chi connectivity index (χ2v) is 6.84. The molecular formula is C18H18BrN3O4. The van der Waals surface area contributed by atoms with Crippen LogP contribution in [0.15, 0.2) is 40.9 Å². The van der Waals surface area contributed by atoms with Crippen molar-refractivity contribution < 1.29 is 14.5 Å². The van der Waals surface area contributed by atoms with E-state index >= 15 is 0 Å². The van der Waals surface area contributed by atoms with Crippen molar-refractivity contribution in [1.82, 2.24) is 4.90 Å². The number of rotatable bonds is 5. The van der Waals surface area contributed by atoms with E-state index in [1.165, 1.54) is 30.1 Å². The van der Waals surface area contributed by atoms with Gasteiger partial charge >= 0.3 is 0 Å². The van der Waals surface area contributed by atoms with Crippen molar-refractivity contribution >= 4 is 39.1 Å². The molecule has 2 rings (SSSR count). The zero-order valence-corrected chi connectivity index (χ0v) is 16.2. The highest BCUT2D eigenvalue weighted by Gasteiger charge is 2.19. The molecule has 136 valence electrons. The van der Waals surface area contributed by atoms with Gasteiger partial charge in [0.25, 0.3) is 11.6 Å². The molecule has 2 aromatic rings. The maximum absolute atomic E-state index is 12.4. The molecule has 0 aliphatic heterocycles. The maximum atomic E-state index is 12.4. The van der Waals surface area contributed by atoms with Gasteiger partial charge < -0.3 is 10.2 Å². The van der Waals surface area contributed by atoms with E-state index in [1.54, 1.807) is 13.0 Å². The van der Waals surface area contributed by atoms with Crippen LogP contribution in [0.4, 0.5) is 11.4 Å². The third kappa shape index (κ3) is 4.66. The number of benzene rings is 2. The minimum atomic E-state index is -0.533. The average Bonchev–Trinajstić information content (AvgIpc) is 2.56. The molecule has 0 spiro atoms. The third-order valence-corrected chi connectivity index (χ3v) is 4.34. The Morgan fingerprint density at radius 1 is 1.15 bits per heavy atom. The first kappa shape index (κ1) is 19.6. The standard InChI is InChI=1S/C18H18BrN3O4/c1-11-4-5-13(9-16(11)22(25)26)18(24)21(3)10-17(23)20-15-7-6-14(19)8-12(15)2/h4-9H,10H2,1-3H3,(H,20,23). The van der Waals surface area contributed by atoms with E-state index < -0.39 is 10.8 Å². The van der Waals surface area contributed by atoms with Crippen LogP contribution >= 0.6 is 15.9 Å². The number of hydrogen-bond donors (Lipinski definition) is 1. The first-order valence-corrected chi connectivity index (χ1v) is 8.55. The Bertz CT molecular complexity index is 883. The molecule has 0 bridgehead atoms. The SMILES string of the molecule is Cc1cc(Br)ccc1NC(=O)CN(C)C(=O)c1ccc(C)c([N+](=O)[O-])c1. The van der Waals surface area contributed by atoms with Crippen molar-refractivity contribution in [3.8, 4) is 0 Å². The minimum absolute atomic E-state index is 0.126. The predicted octanol–water partition coefficient (Wildman–Crippen LogP) is 3.68. The summed E-state index contributed by atoms with van der Waals surface area (Å²) in [5.74, 6) is -0.816. The lowest BCUT2D eigenvalue weighted by atomic mass is 10.1. The number of amides is 2. The Morgan fingerprint density at radius 3 is 2.46 bits per heavy atom. The van der Waals surface area contributed by atoms with E-state index in [2.05, 4.69) is 21.2 Å². The van der Waals surface area contributed by atoms with Gasteiger partial charge in [-0.3, -0.25) is 19.7 Å². The zero-order valence-electron chi connectivity index (χ0n) is 14.6. The van der Waals surface area contributed by atoms with Gasteiger partial charge in [0.15, 0.2) is 0 Å². The number of hydrogen-bond acceptors (Lipinski definition) is 4. The summed E-state index contributed by atoms with van der Waals surface area (Å²) in [6, 6.07) is 9.70. The molecule has 26 heavy (non-hydrogen) atoms. The van der Waals surface area contributed by atoms with Gasteiger partial charge in [-0.2, -0.15) is 0 Å². The quantitative estimate of drug-likeness (QED) is 0.590. The number of likely N-dealkylation sites (N-methyl/N-ethyl adjacent to an activating group) is 1. The van der Waals surface area contributed by atoms with Crippen molar-refractivity contribution in [3.05, 3.63) is 67.7 Å². The average molecular weight is 420 g/mol. The normalized spacial score (nSPS) is 10.3. The first-order valence-electron chi connectivity index (χ1n) is 7.75. The molecular weight excluding hydrogens is 402 g/mol. The van der Waals surface area contributed by atoms with Crippen LogP contribution in [0.2, 0.25) is 0 Å². The summed E-state index contributed by atoms with van der Waals surface area (Å²) in [7, 11) is 1.47. The van der Waals surface area contributed by atoms with Crippen LogP contribution in [-0.4, -0.2) is 35.2 Å². The summed E-state index contributed by atoms with van der Waals surface area (Å²) in [6.45, 7) is 3.29. The Labute approximate surface area is 159 Å². The summed E-state index contributed by atoms with van der Waals surface area (Å²) in [5, 5.41) is 13.8. The van der Waals surface area contributed by atoms with Crippen LogP contribution in [0, 0.1) is 24.0 Å². The van der Waals surface area contributed by atoms with Crippen LogP contribution in [0.3, 0.4) is 0 Å². The van der Waals surface area contributed by atoms with Crippen LogP contribution < -0.4 is 5.32 Å². The number of anilines is 1. The molecule has 0 atom stereocenters. The van der Waals surface area contributed by atoms with Crippen molar-refractivity contribution in [1.29, 1.82) is 0 Å². The summed E-state index contributed by atoms with van der Waals surface area (Å²) in [6.07, 6.45) is 0. The van der Waals surface area contributed by atoms with E-state index in [4.69, 9.17) is 0 Å². The van der Waals surface area contributed by atoms with Crippen molar-refractivity contribution in [2.75, 3.05) is 18.9 Å². The Hall–Kier alpha value is -2.74. The van der Waals surface area contributed by atoms with Crippen LogP contribution in [0.25, 0.3) is 0 Å². The summed E-state index contributed by atoms with van der Waals surface area (Å²) in [4.78, 5) is 36.4. The predicted molar refractivity (Wildman–Crippen MR) is 102 cm³/mol. The van der Waals surface area contributed by atoms with Gasteiger partial charge in [-0.1, -0.05) is 22.0 Å². The fourth-order valence-electron chi connectivity index (χ4n) is 2.40. The molecule has 2 amide bonds. The van der Waals surface area contributed by atoms with E-state index in [-0.39, 0.29) is 23.7 Å². The fraction of sp³-hybridized carbons (Fsp3) is 0.222. The molecule has 1 N–H and O–H groups in total. The molecule has 0 aromatic heterocycles. The van der Waals surface area contributed by atoms with Gasteiger partial charge in [0.05, 0.1) is 11.5 Å². The maximum Gasteiger partial charge on any atom is 0.273 e. The molecule has 8 heteroatoms. The monoisotopic (exact) mass is 419 g/mol. The van der Waals surface area contributed by atoms with Crippen LogP contribution in [0.1, 0.15) is 21.5 Å². The van der Waals surface area contributed by atoms with Crippen LogP contribution in [0.5, 0.6) is 0 Å². The molecule has 0 heterocycles. The van der Waals surface area contributed by atoms with E-state index in [1.807, 2.05) is 19.1 Å². The first-order chi connectivity index (χ1) is 12.2. The van der Waals surface area contributed by atoms with Gasteiger partial charge in [-0.25, -0.2) is 0 Å². The molecule has 0 saturated heterocycles. The number of carbonyl (C=O) groups excluding carboxylic acids is 2. The van der Waals surface area contributed by atoms with Gasteiger partial charge in [-0.05, 0) is 43.7 Å². The second kappa shape index (κ2) is 8.09. The summed E-state index contributed by atoms with van der Waals surface area (Å²) >= 11 is 3.36. The minimum Gasteiger partial charge on any atom is -0.332 e. The largest absolute Gasteiger partial charge is 0.332 e. The van der Waals surface area contributed by atoms with Gasteiger partial charge in [0, 0.05) is 34.4 Å². The van der Waals surface area contributed by atoms with Crippen molar-refractivity contribution in [2.24, 2.45) is 0 Å². The number of nitro benzene ring substituents is 1. The molecule has 0 aliphatic carbocycles. The highest BCUT2D eigenvalue weighted by Crippen LogP contribution is 2.21. The molecule has 0 radical (unpaired) electrons. The van der Waals surface area contributed by atoms with Crippen molar-refractivity contribution in [2.45, 2.75) is 13.8 Å². The zero-order chi connectivity index (χ0) is 19.4. The number of nitro groups is 1. The molecule has 7 nitrogen and oxygen atoms in total. The van der Waals surface area contributed by atoms with Gasteiger partial charge in [0.1, 0.15) is 0 Å². The van der Waals surface area contributed by atoms with E-state index in [0.717, 1.165) is 10.0 Å². The third-order valence-electron chi connectivity index (χ3n) is 3.84. The lowest BCUT2D eigenvalue weighted by Crippen LogP contribution is -2.35. The van der Waals surface area contributed by atoms with Crippen LogP contribution in [-0.2, 0) is 4.79 Å². The van der Waals surface area contributed by atoms with Gasteiger partial charge in [0.2, 0.25) is 5.91 Å². The number of halogens is 1. The molecule has 2 aromatic carbocycles. The Balaban J connectivity index is 2.08. The summed E-state index contributed by atoms with van der Waals surface area (Å²) in [5.41, 5.74) is 2.05. The van der Waals surface area contributed by atoms with Gasteiger partial charge in [-0.15, -0.1) is 0 Å².